The summed E-state index contributed by atoms with van der Waals surface area (Å²) in [6, 6.07) is 4.87. The third kappa shape index (κ3) is 2.76. The second kappa shape index (κ2) is 5.68. The van der Waals surface area contributed by atoms with Crippen LogP contribution in [0.3, 0.4) is 0 Å². The summed E-state index contributed by atoms with van der Waals surface area (Å²) >= 11 is 1.42. The number of rotatable bonds is 3. The first-order valence-corrected chi connectivity index (χ1v) is 9.83. The van der Waals surface area contributed by atoms with Gasteiger partial charge in [-0.05, 0) is 37.8 Å². The Bertz CT molecular complexity index is 822. The Morgan fingerprint density at radius 1 is 1.13 bits per heavy atom. The molecule has 122 valence electrons. The SMILES string of the molecule is O=S(=O)(Nc1nc2c(s1)CCCC2)c1cccc2c1OCCO2. The molecule has 0 atom stereocenters. The third-order valence-corrected chi connectivity index (χ3v) is 6.45. The topological polar surface area (TPSA) is 77.5 Å². The van der Waals surface area contributed by atoms with Crippen LogP contribution in [-0.2, 0) is 22.9 Å². The van der Waals surface area contributed by atoms with E-state index in [-0.39, 0.29) is 10.6 Å². The van der Waals surface area contributed by atoms with E-state index in [9.17, 15) is 8.42 Å². The number of thiazole rings is 1. The second-order valence-electron chi connectivity index (χ2n) is 5.48. The molecule has 1 N–H and O–H groups in total. The molecule has 0 unspecified atom stereocenters. The molecule has 1 aromatic heterocycles. The minimum atomic E-state index is -3.76. The van der Waals surface area contributed by atoms with Crippen molar-refractivity contribution >= 4 is 26.5 Å². The molecule has 0 saturated heterocycles. The number of para-hydroxylation sites is 1. The van der Waals surface area contributed by atoms with Crippen LogP contribution in [0.25, 0.3) is 0 Å². The number of aryl methyl sites for hydroxylation is 2. The van der Waals surface area contributed by atoms with Gasteiger partial charge in [0.1, 0.15) is 18.1 Å². The average Bonchev–Trinajstić information content (AvgIpc) is 2.95. The van der Waals surface area contributed by atoms with Gasteiger partial charge in [-0.2, -0.15) is 0 Å². The predicted molar refractivity (Wildman–Crippen MR) is 87.0 cm³/mol. The highest BCUT2D eigenvalue weighted by Crippen LogP contribution is 2.38. The Morgan fingerprint density at radius 3 is 2.83 bits per heavy atom. The number of nitrogens with one attached hydrogen (secondary N) is 1. The van der Waals surface area contributed by atoms with Crippen molar-refractivity contribution in [3.05, 3.63) is 28.8 Å². The van der Waals surface area contributed by atoms with E-state index in [4.69, 9.17) is 9.47 Å². The molecule has 0 fully saturated rings. The standard InChI is InChI=1S/C15H16N2O4S2/c18-23(19,13-7-3-5-11-14(13)21-9-8-20-11)17-15-16-10-4-1-2-6-12(10)22-15/h3,5,7H,1-2,4,6,8-9H2,(H,16,17). The van der Waals surface area contributed by atoms with Crippen LogP contribution in [0.5, 0.6) is 11.5 Å². The summed E-state index contributed by atoms with van der Waals surface area (Å²) in [5.41, 5.74) is 1.02. The Kier molecular flexibility index (Phi) is 3.65. The van der Waals surface area contributed by atoms with E-state index in [0.717, 1.165) is 31.4 Å². The molecular weight excluding hydrogens is 336 g/mol. The maximum absolute atomic E-state index is 12.7. The molecule has 0 bridgehead atoms. The lowest BCUT2D eigenvalue weighted by Gasteiger charge is -2.20. The van der Waals surface area contributed by atoms with E-state index < -0.39 is 10.0 Å². The minimum Gasteiger partial charge on any atom is -0.486 e. The zero-order valence-electron chi connectivity index (χ0n) is 12.4. The van der Waals surface area contributed by atoms with Crippen LogP contribution in [0.15, 0.2) is 23.1 Å². The lowest BCUT2D eigenvalue weighted by Crippen LogP contribution is -2.20. The van der Waals surface area contributed by atoms with Crippen LogP contribution < -0.4 is 14.2 Å². The number of ether oxygens (including phenoxy) is 2. The van der Waals surface area contributed by atoms with Crippen molar-refractivity contribution in [1.29, 1.82) is 0 Å². The van der Waals surface area contributed by atoms with E-state index in [2.05, 4.69) is 9.71 Å². The van der Waals surface area contributed by atoms with Gasteiger partial charge in [0, 0.05) is 4.88 Å². The molecule has 2 heterocycles. The molecule has 6 nitrogen and oxygen atoms in total. The van der Waals surface area contributed by atoms with E-state index >= 15 is 0 Å². The van der Waals surface area contributed by atoms with Crippen molar-refractivity contribution in [2.45, 2.75) is 30.6 Å². The van der Waals surface area contributed by atoms with Crippen molar-refractivity contribution < 1.29 is 17.9 Å². The summed E-state index contributed by atoms with van der Waals surface area (Å²) in [5.74, 6) is 0.727. The molecule has 0 saturated carbocycles. The number of benzene rings is 1. The summed E-state index contributed by atoms with van der Waals surface area (Å²) in [6.45, 7) is 0.758. The normalized spacial score (nSPS) is 16.7. The lowest BCUT2D eigenvalue weighted by molar-refractivity contribution is 0.167. The van der Waals surface area contributed by atoms with Crippen LogP contribution in [-0.4, -0.2) is 26.6 Å². The minimum absolute atomic E-state index is 0.0860. The van der Waals surface area contributed by atoms with Crippen molar-refractivity contribution in [1.82, 2.24) is 4.98 Å². The Hall–Kier alpha value is -1.80. The van der Waals surface area contributed by atoms with E-state index in [0.29, 0.717) is 24.1 Å². The first-order valence-electron chi connectivity index (χ1n) is 7.53. The van der Waals surface area contributed by atoms with Crippen LogP contribution in [0, 0.1) is 0 Å². The number of nitrogens with zero attached hydrogens (tertiary/aromatic N) is 1. The van der Waals surface area contributed by atoms with E-state index in [1.807, 2.05) is 0 Å². The average molecular weight is 352 g/mol. The fraction of sp³-hybridized carbons (Fsp3) is 0.400. The molecule has 0 spiro atoms. The lowest BCUT2D eigenvalue weighted by atomic mass is 10.0. The van der Waals surface area contributed by atoms with Crippen LogP contribution in [0.4, 0.5) is 5.13 Å². The van der Waals surface area contributed by atoms with Crippen molar-refractivity contribution in [2.75, 3.05) is 17.9 Å². The smallest absolute Gasteiger partial charge is 0.267 e. The number of sulfonamides is 1. The Morgan fingerprint density at radius 2 is 1.96 bits per heavy atom. The first-order chi connectivity index (χ1) is 11.1. The summed E-state index contributed by atoms with van der Waals surface area (Å²) in [5, 5.41) is 0.422. The molecule has 1 aliphatic heterocycles. The van der Waals surface area contributed by atoms with Gasteiger partial charge in [0.15, 0.2) is 16.6 Å². The monoisotopic (exact) mass is 352 g/mol. The zero-order valence-corrected chi connectivity index (χ0v) is 14.0. The molecule has 23 heavy (non-hydrogen) atoms. The van der Waals surface area contributed by atoms with Crippen LogP contribution in [0.1, 0.15) is 23.4 Å². The van der Waals surface area contributed by atoms with Crippen molar-refractivity contribution in [3.63, 3.8) is 0 Å². The summed E-state index contributed by atoms with van der Waals surface area (Å²) in [7, 11) is -3.76. The van der Waals surface area contributed by atoms with Gasteiger partial charge in [0.25, 0.3) is 10.0 Å². The predicted octanol–water partition coefficient (Wildman–Crippen LogP) is 2.59. The quantitative estimate of drug-likeness (QED) is 0.919. The highest BCUT2D eigenvalue weighted by molar-refractivity contribution is 7.93. The largest absolute Gasteiger partial charge is 0.486 e. The first kappa shape index (κ1) is 14.8. The van der Waals surface area contributed by atoms with Crippen LogP contribution >= 0.6 is 11.3 Å². The van der Waals surface area contributed by atoms with Gasteiger partial charge >= 0.3 is 0 Å². The van der Waals surface area contributed by atoms with Crippen molar-refractivity contribution in [2.24, 2.45) is 0 Å². The maximum atomic E-state index is 12.7. The fourth-order valence-electron chi connectivity index (χ4n) is 2.82. The Labute approximate surface area is 138 Å². The molecule has 1 aliphatic carbocycles. The fourth-order valence-corrected chi connectivity index (χ4v) is 5.27. The molecule has 4 rings (SSSR count). The molecule has 2 aromatic rings. The number of aromatic nitrogens is 1. The van der Waals surface area contributed by atoms with Gasteiger partial charge in [-0.25, -0.2) is 13.4 Å². The zero-order chi connectivity index (χ0) is 15.9. The van der Waals surface area contributed by atoms with E-state index in [1.54, 1.807) is 12.1 Å². The van der Waals surface area contributed by atoms with Gasteiger partial charge < -0.3 is 9.47 Å². The number of anilines is 1. The number of hydrogen-bond acceptors (Lipinski definition) is 6. The highest BCUT2D eigenvalue weighted by atomic mass is 32.2. The molecule has 0 amide bonds. The number of hydrogen-bond donors (Lipinski definition) is 1. The number of fused-ring (bicyclic) bond motifs is 2. The third-order valence-electron chi connectivity index (χ3n) is 3.89. The van der Waals surface area contributed by atoms with Gasteiger partial charge in [-0.15, -0.1) is 11.3 Å². The van der Waals surface area contributed by atoms with Crippen LogP contribution in [0.2, 0.25) is 0 Å². The van der Waals surface area contributed by atoms with Gasteiger partial charge in [-0.3, -0.25) is 4.72 Å². The van der Waals surface area contributed by atoms with Crippen molar-refractivity contribution in [3.8, 4) is 11.5 Å². The summed E-state index contributed by atoms with van der Waals surface area (Å²) in [4.78, 5) is 5.70. The Balaban J connectivity index is 1.67. The highest BCUT2D eigenvalue weighted by Gasteiger charge is 2.26. The molecule has 0 radical (unpaired) electrons. The summed E-state index contributed by atoms with van der Waals surface area (Å²) < 4.78 is 38.9. The maximum Gasteiger partial charge on any atom is 0.267 e. The molecular formula is C15H16N2O4S2. The molecule has 2 aliphatic rings. The second-order valence-corrected chi connectivity index (χ2v) is 8.22. The van der Waals surface area contributed by atoms with Gasteiger partial charge in [-0.1, -0.05) is 6.07 Å². The van der Waals surface area contributed by atoms with E-state index in [1.165, 1.54) is 22.3 Å². The van der Waals surface area contributed by atoms with Gasteiger partial charge in [0.05, 0.1) is 5.69 Å². The molecule has 8 heteroatoms. The van der Waals surface area contributed by atoms with Gasteiger partial charge in [0.2, 0.25) is 0 Å². The molecule has 1 aromatic carbocycles. The summed E-state index contributed by atoms with van der Waals surface area (Å²) in [6.07, 6.45) is 4.15.